The molecule has 7 nitrogen and oxygen atoms in total. The highest BCUT2D eigenvalue weighted by Gasteiger charge is 2.44. The van der Waals surface area contributed by atoms with Crippen LogP contribution in [0.1, 0.15) is 25.7 Å². The normalized spacial score (nSPS) is 29.4. The van der Waals surface area contributed by atoms with Crippen LogP contribution in [0.4, 0.5) is 0 Å². The van der Waals surface area contributed by atoms with E-state index in [-0.39, 0.29) is 23.5 Å². The van der Waals surface area contributed by atoms with Crippen molar-refractivity contribution in [1.29, 1.82) is 0 Å². The van der Waals surface area contributed by atoms with E-state index >= 15 is 0 Å². The maximum Gasteiger partial charge on any atom is 0.266 e. The summed E-state index contributed by atoms with van der Waals surface area (Å²) in [5, 5.41) is 4.11. The highest BCUT2D eigenvalue weighted by molar-refractivity contribution is 5.79. The lowest BCUT2D eigenvalue weighted by atomic mass is 9.98. The minimum absolute atomic E-state index is 0.0643. The third-order valence-corrected chi connectivity index (χ3v) is 5.52. The molecular formula is C19H25N3O4. The lowest BCUT2D eigenvalue weighted by molar-refractivity contribution is -0.140. The van der Waals surface area contributed by atoms with E-state index in [0.29, 0.717) is 32.8 Å². The van der Waals surface area contributed by atoms with Gasteiger partial charge < -0.3 is 14.4 Å². The van der Waals surface area contributed by atoms with E-state index in [0.717, 1.165) is 25.7 Å². The van der Waals surface area contributed by atoms with Crippen LogP contribution in [0.25, 0.3) is 0 Å². The van der Waals surface area contributed by atoms with Gasteiger partial charge in [-0.1, -0.05) is 12.2 Å². The van der Waals surface area contributed by atoms with E-state index in [9.17, 15) is 9.59 Å². The SMILES string of the molecule is O=C(C1CC=CC1)N1CCOCC2(CCC(Cn3ncccc3=O)O2)C1. The van der Waals surface area contributed by atoms with Crippen molar-refractivity contribution >= 4 is 5.91 Å². The first-order chi connectivity index (χ1) is 12.7. The second-order valence-electron chi connectivity index (χ2n) is 7.46. The van der Waals surface area contributed by atoms with Crippen molar-refractivity contribution < 1.29 is 14.3 Å². The van der Waals surface area contributed by atoms with Crippen molar-refractivity contribution in [2.24, 2.45) is 5.92 Å². The van der Waals surface area contributed by atoms with Gasteiger partial charge in [-0.15, -0.1) is 0 Å². The Morgan fingerprint density at radius 2 is 2.19 bits per heavy atom. The number of allylic oxidation sites excluding steroid dienone is 2. The van der Waals surface area contributed by atoms with Crippen LogP contribution in [0, 0.1) is 5.92 Å². The molecule has 2 unspecified atom stereocenters. The number of carbonyl (C=O) groups is 1. The molecule has 1 spiro atoms. The lowest BCUT2D eigenvalue weighted by Gasteiger charge is -2.33. The van der Waals surface area contributed by atoms with Crippen LogP contribution in [0.5, 0.6) is 0 Å². The van der Waals surface area contributed by atoms with Gasteiger partial charge in [-0.3, -0.25) is 9.59 Å². The fourth-order valence-corrected chi connectivity index (χ4v) is 4.13. The van der Waals surface area contributed by atoms with E-state index in [4.69, 9.17) is 9.47 Å². The monoisotopic (exact) mass is 359 g/mol. The number of hydrogen-bond donors (Lipinski definition) is 0. The minimum atomic E-state index is -0.471. The lowest BCUT2D eigenvalue weighted by Crippen LogP contribution is -2.48. The molecule has 26 heavy (non-hydrogen) atoms. The molecule has 2 fully saturated rings. The van der Waals surface area contributed by atoms with Crippen molar-refractivity contribution in [1.82, 2.24) is 14.7 Å². The molecule has 2 saturated heterocycles. The fraction of sp³-hybridized carbons (Fsp3) is 0.632. The smallest absolute Gasteiger partial charge is 0.266 e. The van der Waals surface area contributed by atoms with E-state index in [1.54, 1.807) is 12.3 Å². The van der Waals surface area contributed by atoms with Crippen LogP contribution < -0.4 is 5.56 Å². The molecule has 1 amide bonds. The van der Waals surface area contributed by atoms with Crippen molar-refractivity contribution in [2.45, 2.75) is 43.9 Å². The minimum Gasteiger partial charge on any atom is -0.377 e. The Bertz CT molecular complexity index is 738. The number of hydrogen-bond acceptors (Lipinski definition) is 5. The Hall–Kier alpha value is -1.99. The summed E-state index contributed by atoms with van der Waals surface area (Å²) in [4.78, 5) is 26.6. The number of ether oxygens (including phenoxy) is 2. The van der Waals surface area contributed by atoms with Gasteiger partial charge >= 0.3 is 0 Å². The Morgan fingerprint density at radius 3 is 3.00 bits per heavy atom. The zero-order valence-electron chi connectivity index (χ0n) is 14.9. The molecular weight excluding hydrogens is 334 g/mol. The maximum atomic E-state index is 12.8. The fourth-order valence-electron chi connectivity index (χ4n) is 4.13. The topological polar surface area (TPSA) is 73.7 Å². The average molecular weight is 359 g/mol. The van der Waals surface area contributed by atoms with Crippen LogP contribution >= 0.6 is 0 Å². The largest absolute Gasteiger partial charge is 0.377 e. The Balaban J connectivity index is 1.43. The molecule has 0 N–H and O–H groups in total. The van der Waals surface area contributed by atoms with Crippen LogP contribution in [-0.2, 0) is 20.8 Å². The molecule has 0 radical (unpaired) electrons. The predicted octanol–water partition coefficient (Wildman–Crippen LogP) is 0.986. The summed E-state index contributed by atoms with van der Waals surface area (Å²) in [6.07, 6.45) is 9.00. The molecule has 3 aliphatic rings. The summed E-state index contributed by atoms with van der Waals surface area (Å²) >= 11 is 0. The molecule has 140 valence electrons. The van der Waals surface area contributed by atoms with Crippen molar-refractivity contribution in [3.05, 3.63) is 40.8 Å². The highest BCUT2D eigenvalue weighted by atomic mass is 16.6. The van der Waals surface area contributed by atoms with E-state index in [2.05, 4.69) is 17.3 Å². The molecule has 3 heterocycles. The Labute approximate surface area is 152 Å². The van der Waals surface area contributed by atoms with E-state index < -0.39 is 5.60 Å². The summed E-state index contributed by atoms with van der Waals surface area (Å²) in [7, 11) is 0. The number of amides is 1. The molecule has 2 aliphatic heterocycles. The van der Waals surface area contributed by atoms with Gasteiger partial charge in [-0.2, -0.15) is 5.10 Å². The first-order valence-electron chi connectivity index (χ1n) is 9.37. The number of carbonyl (C=O) groups excluding carboxylic acids is 1. The van der Waals surface area contributed by atoms with Crippen LogP contribution in [0.3, 0.4) is 0 Å². The van der Waals surface area contributed by atoms with Gasteiger partial charge in [0.2, 0.25) is 5.91 Å². The van der Waals surface area contributed by atoms with Gasteiger partial charge in [0, 0.05) is 24.7 Å². The standard InChI is InChI=1S/C19H25N3O4/c23-17-6-3-9-20-22(17)12-16-7-8-19(26-16)13-21(10-11-25-14-19)18(24)15-4-1-2-5-15/h1-3,6,9,15-16H,4-5,7-8,10-14H2. The van der Waals surface area contributed by atoms with Crippen LogP contribution in [-0.4, -0.2) is 58.6 Å². The van der Waals surface area contributed by atoms with Gasteiger partial charge in [0.1, 0.15) is 5.60 Å². The number of rotatable bonds is 3. The van der Waals surface area contributed by atoms with Gasteiger partial charge in [0.05, 0.1) is 32.4 Å². The summed E-state index contributed by atoms with van der Waals surface area (Å²) in [5.74, 6) is 0.266. The average Bonchev–Trinajstić information content (AvgIpc) is 3.25. The molecule has 2 atom stereocenters. The molecule has 4 rings (SSSR count). The van der Waals surface area contributed by atoms with Gasteiger partial charge in [-0.25, -0.2) is 4.68 Å². The van der Waals surface area contributed by atoms with E-state index in [1.807, 2.05) is 4.90 Å². The molecule has 0 bridgehead atoms. The third-order valence-electron chi connectivity index (χ3n) is 5.52. The molecule has 1 aliphatic carbocycles. The molecule has 1 aromatic rings. The van der Waals surface area contributed by atoms with Crippen LogP contribution in [0.15, 0.2) is 35.3 Å². The zero-order valence-corrected chi connectivity index (χ0v) is 14.9. The number of aromatic nitrogens is 2. The van der Waals surface area contributed by atoms with Gasteiger partial charge in [-0.05, 0) is 31.7 Å². The number of nitrogens with zero attached hydrogens (tertiary/aromatic N) is 3. The molecule has 0 saturated carbocycles. The predicted molar refractivity (Wildman–Crippen MR) is 94.6 cm³/mol. The summed E-state index contributed by atoms with van der Waals surface area (Å²) in [6, 6.07) is 3.14. The highest BCUT2D eigenvalue weighted by Crippen LogP contribution is 2.34. The summed E-state index contributed by atoms with van der Waals surface area (Å²) in [6.45, 7) is 2.65. The Morgan fingerprint density at radius 1 is 1.35 bits per heavy atom. The van der Waals surface area contributed by atoms with Gasteiger partial charge in [0.25, 0.3) is 5.56 Å². The van der Waals surface area contributed by atoms with Crippen molar-refractivity contribution in [3.63, 3.8) is 0 Å². The van der Waals surface area contributed by atoms with Crippen molar-refractivity contribution in [2.75, 3.05) is 26.3 Å². The second kappa shape index (κ2) is 7.32. The molecule has 1 aromatic heterocycles. The third kappa shape index (κ3) is 3.59. The molecule has 7 heteroatoms. The summed E-state index contributed by atoms with van der Waals surface area (Å²) in [5.41, 5.74) is -0.596. The zero-order chi connectivity index (χ0) is 18.0. The first kappa shape index (κ1) is 17.4. The first-order valence-corrected chi connectivity index (χ1v) is 9.37. The second-order valence-corrected chi connectivity index (χ2v) is 7.46. The quantitative estimate of drug-likeness (QED) is 0.753. The molecule has 0 aromatic carbocycles. The van der Waals surface area contributed by atoms with Crippen molar-refractivity contribution in [3.8, 4) is 0 Å². The van der Waals surface area contributed by atoms with E-state index in [1.165, 1.54) is 10.7 Å². The Kier molecular flexibility index (Phi) is 4.91. The maximum absolute atomic E-state index is 12.8. The van der Waals surface area contributed by atoms with Crippen LogP contribution in [0.2, 0.25) is 0 Å². The van der Waals surface area contributed by atoms with Gasteiger partial charge in [0.15, 0.2) is 0 Å². The summed E-state index contributed by atoms with van der Waals surface area (Å²) < 4.78 is 13.6.